The molecule has 0 heterocycles. The van der Waals surface area contributed by atoms with Gasteiger partial charge in [0, 0.05) is 10.5 Å². The van der Waals surface area contributed by atoms with E-state index in [1.165, 1.54) is 31.2 Å². The van der Waals surface area contributed by atoms with Crippen LogP contribution in [-0.4, -0.2) is 0 Å². The van der Waals surface area contributed by atoms with E-state index in [0.29, 0.717) is 5.92 Å². The molecular weight excluding hydrogens is 238 g/mol. The van der Waals surface area contributed by atoms with Gasteiger partial charge < -0.3 is 5.73 Å². The van der Waals surface area contributed by atoms with Crippen molar-refractivity contribution in [2.24, 2.45) is 11.7 Å². The molecule has 2 heteroatoms. The van der Waals surface area contributed by atoms with Crippen molar-refractivity contribution < 1.29 is 0 Å². The summed E-state index contributed by atoms with van der Waals surface area (Å²) in [5.74, 6) is 0.705. The Kier molecular flexibility index (Phi) is 3.24. The Morgan fingerprint density at radius 3 is 2.29 bits per heavy atom. The van der Waals surface area contributed by atoms with E-state index in [0.717, 1.165) is 4.47 Å². The summed E-state index contributed by atoms with van der Waals surface area (Å²) >= 11 is 3.44. The van der Waals surface area contributed by atoms with Crippen LogP contribution in [0.1, 0.15) is 37.3 Å². The number of hydrogen-bond acceptors (Lipinski definition) is 1. The fourth-order valence-electron chi connectivity index (χ4n) is 2.27. The smallest absolute Gasteiger partial charge is 0.0323 e. The van der Waals surface area contributed by atoms with Gasteiger partial charge in [-0.15, -0.1) is 0 Å². The Balaban J connectivity index is 2.09. The van der Waals surface area contributed by atoms with Crippen molar-refractivity contribution in [3.8, 4) is 0 Å². The second-order valence-electron chi connectivity index (χ2n) is 4.12. The lowest BCUT2D eigenvalue weighted by molar-refractivity contribution is 0.445. The number of nitrogens with two attached hydrogens (primary N) is 1. The normalized spacial score (nSPS) is 19.9. The zero-order valence-electron chi connectivity index (χ0n) is 8.25. The van der Waals surface area contributed by atoms with Crippen molar-refractivity contribution in [2.45, 2.75) is 31.7 Å². The van der Waals surface area contributed by atoms with Gasteiger partial charge in [-0.3, -0.25) is 0 Å². The zero-order chi connectivity index (χ0) is 9.97. The number of rotatable bonds is 2. The molecule has 1 aromatic carbocycles. The maximum atomic E-state index is 6.24. The summed E-state index contributed by atoms with van der Waals surface area (Å²) in [6.45, 7) is 0. The third kappa shape index (κ3) is 2.18. The van der Waals surface area contributed by atoms with E-state index in [9.17, 15) is 0 Å². The van der Waals surface area contributed by atoms with Crippen LogP contribution < -0.4 is 5.73 Å². The average Bonchev–Trinajstić information content (AvgIpc) is 2.71. The van der Waals surface area contributed by atoms with Gasteiger partial charge in [0.05, 0.1) is 0 Å². The van der Waals surface area contributed by atoms with Crippen LogP contribution in [0.4, 0.5) is 0 Å². The Morgan fingerprint density at radius 2 is 1.71 bits per heavy atom. The van der Waals surface area contributed by atoms with Gasteiger partial charge in [0.2, 0.25) is 0 Å². The first-order valence-electron chi connectivity index (χ1n) is 5.28. The zero-order valence-corrected chi connectivity index (χ0v) is 9.83. The Labute approximate surface area is 93.8 Å². The maximum absolute atomic E-state index is 6.24. The molecule has 1 aromatic rings. The lowest BCUT2D eigenvalue weighted by Crippen LogP contribution is -2.18. The highest BCUT2D eigenvalue weighted by molar-refractivity contribution is 9.10. The monoisotopic (exact) mass is 253 g/mol. The molecule has 1 fully saturated rings. The second-order valence-corrected chi connectivity index (χ2v) is 5.04. The number of halogens is 1. The highest BCUT2D eigenvalue weighted by atomic mass is 79.9. The SMILES string of the molecule is N[C@@H](c1ccc(Br)cc1)C1CCCC1. The topological polar surface area (TPSA) is 26.0 Å². The van der Waals surface area contributed by atoms with Crippen LogP contribution in [0, 0.1) is 5.92 Å². The van der Waals surface area contributed by atoms with Gasteiger partial charge in [-0.2, -0.15) is 0 Å². The highest BCUT2D eigenvalue weighted by Gasteiger charge is 2.22. The molecule has 2 rings (SSSR count). The first-order valence-corrected chi connectivity index (χ1v) is 6.08. The molecule has 2 N–H and O–H groups in total. The standard InChI is InChI=1S/C12H16BrN/c13-11-7-5-10(6-8-11)12(14)9-3-1-2-4-9/h5-9,12H,1-4,14H2/t12-/m1/s1. The van der Waals surface area contributed by atoms with Crippen LogP contribution in [0.5, 0.6) is 0 Å². The molecule has 0 unspecified atom stereocenters. The lowest BCUT2D eigenvalue weighted by Gasteiger charge is -2.19. The van der Waals surface area contributed by atoms with E-state index < -0.39 is 0 Å². The second kappa shape index (κ2) is 4.45. The van der Waals surface area contributed by atoms with Crippen LogP contribution in [0.15, 0.2) is 28.7 Å². The summed E-state index contributed by atoms with van der Waals surface area (Å²) in [4.78, 5) is 0. The quantitative estimate of drug-likeness (QED) is 0.856. The third-order valence-corrected chi connectivity index (χ3v) is 3.69. The van der Waals surface area contributed by atoms with Crippen molar-refractivity contribution in [1.29, 1.82) is 0 Å². The average molecular weight is 254 g/mol. The Morgan fingerprint density at radius 1 is 1.14 bits per heavy atom. The predicted octanol–water partition coefficient (Wildman–Crippen LogP) is 3.64. The minimum atomic E-state index is 0.241. The molecule has 0 spiro atoms. The van der Waals surface area contributed by atoms with Crippen molar-refractivity contribution in [2.75, 3.05) is 0 Å². The molecule has 0 aromatic heterocycles. The minimum absolute atomic E-state index is 0.241. The van der Waals surface area contributed by atoms with Gasteiger partial charge >= 0.3 is 0 Å². The minimum Gasteiger partial charge on any atom is -0.324 e. The first-order chi connectivity index (χ1) is 6.77. The molecule has 76 valence electrons. The summed E-state index contributed by atoms with van der Waals surface area (Å²) in [7, 11) is 0. The molecule has 0 bridgehead atoms. The molecule has 1 nitrogen and oxygen atoms in total. The fraction of sp³-hybridized carbons (Fsp3) is 0.500. The van der Waals surface area contributed by atoms with E-state index in [4.69, 9.17) is 5.73 Å². The number of hydrogen-bond donors (Lipinski definition) is 1. The van der Waals surface area contributed by atoms with Crippen LogP contribution in [0.25, 0.3) is 0 Å². The predicted molar refractivity (Wildman–Crippen MR) is 63.0 cm³/mol. The molecule has 0 amide bonds. The van der Waals surface area contributed by atoms with E-state index in [-0.39, 0.29) is 6.04 Å². The van der Waals surface area contributed by atoms with Crippen molar-refractivity contribution in [3.63, 3.8) is 0 Å². The number of benzene rings is 1. The largest absolute Gasteiger partial charge is 0.324 e. The lowest BCUT2D eigenvalue weighted by atomic mass is 9.93. The van der Waals surface area contributed by atoms with E-state index in [1.54, 1.807) is 0 Å². The van der Waals surface area contributed by atoms with Gasteiger partial charge in [-0.05, 0) is 36.5 Å². The van der Waals surface area contributed by atoms with Gasteiger partial charge in [-0.1, -0.05) is 40.9 Å². The van der Waals surface area contributed by atoms with Gasteiger partial charge in [0.15, 0.2) is 0 Å². The summed E-state index contributed by atoms with van der Waals surface area (Å²) in [5, 5.41) is 0. The van der Waals surface area contributed by atoms with Crippen LogP contribution in [0.2, 0.25) is 0 Å². The van der Waals surface area contributed by atoms with Crippen molar-refractivity contribution in [3.05, 3.63) is 34.3 Å². The van der Waals surface area contributed by atoms with E-state index in [2.05, 4.69) is 40.2 Å². The van der Waals surface area contributed by atoms with E-state index >= 15 is 0 Å². The molecule has 0 radical (unpaired) electrons. The molecule has 1 aliphatic rings. The van der Waals surface area contributed by atoms with Gasteiger partial charge in [-0.25, -0.2) is 0 Å². The van der Waals surface area contributed by atoms with Gasteiger partial charge in [0.25, 0.3) is 0 Å². The Hall–Kier alpha value is -0.340. The molecule has 0 saturated heterocycles. The van der Waals surface area contributed by atoms with Crippen LogP contribution in [-0.2, 0) is 0 Å². The third-order valence-electron chi connectivity index (χ3n) is 3.16. The fourth-order valence-corrected chi connectivity index (χ4v) is 2.54. The summed E-state index contributed by atoms with van der Waals surface area (Å²) in [6.07, 6.45) is 5.32. The highest BCUT2D eigenvalue weighted by Crippen LogP contribution is 2.34. The summed E-state index contributed by atoms with van der Waals surface area (Å²) in [5.41, 5.74) is 7.51. The van der Waals surface area contributed by atoms with Crippen LogP contribution in [0.3, 0.4) is 0 Å². The Bertz CT molecular complexity index is 288. The van der Waals surface area contributed by atoms with E-state index in [1.807, 2.05) is 0 Å². The first kappa shape index (κ1) is 10.2. The van der Waals surface area contributed by atoms with Crippen molar-refractivity contribution in [1.82, 2.24) is 0 Å². The molecule has 0 aliphatic heterocycles. The molecule has 14 heavy (non-hydrogen) atoms. The molecule has 1 saturated carbocycles. The molecule has 1 atom stereocenters. The summed E-state index contributed by atoms with van der Waals surface area (Å²) in [6, 6.07) is 8.65. The summed E-state index contributed by atoms with van der Waals surface area (Å²) < 4.78 is 1.12. The van der Waals surface area contributed by atoms with Crippen LogP contribution >= 0.6 is 15.9 Å². The van der Waals surface area contributed by atoms with Crippen molar-refractivity contribution >= 4 is 15.9 Å². The molecule has 1 aliphatic carbocycles. The maximum Gasteiger partial charge on any atom is 0.0323 e. The molecular formula is C12H16BrN. The van der Waals surface area contributed by atoms with Gasteiger partial charge in [0.1, 0.15) is 0 Å².